The highest BCUT2D eigenvalue weighted by Gasteiger charge is 2.36. The third-order valence-corrected chi connectivity index (χ3v) is 2.44. The van der Waals surface area contributed by atoms with Gasteiger partial charge in [0.1, 0.15) is 5.56 Å². The fraction of sp³-hybridized carbons (Fsp3) is 0.417. The minimum atomic E-state index is -4.63. The lowest BCUT2D eigenvalue weighted by atomic mass is 10.0. The van der Waals surface area contributed by atoms with Crippen molar-refractivity contribution in [2.24, 2.45) is 0 Å². The van der Waals surface area contributed by atoms with Crippen molar-refractivity contribution in [3.8, 4) is 11.5 Å². The number of rotatable bonds is 5. The number of likely N-dealkylation sites (N-methyl/N-ethyl adjacent to an activating group) is 1. The van der Waals surface area contributed by atoms with Crippen molar-refractivity contribution >= 4 is 5.78 Å². The third-order valence-electron chi connectivity index (χ3n) is 2.44. The van der Waals surface area contributed by atoms with Crippen LogP contribution in [0, 0.1) is 0 Å². The van der Waals surface area contributed by atoms with Gasteiger partial charge in [-0.05, 0) is 19.2 Å². The minimum Gasteiger partial charge on any atom is -0.493 e. The van der Waals surface area contributed by atoms with Crippen molar-refractivity contribution in [3.05, 3.63) is 23.3 Å². The fourth-order valence-electron chi connectivity index (χ4n) is 1.60. The zero-order valence-corrected chi connectivity index (χ0v) is 10.7. The van der Waals surface area contributed by atoms with E-state index < -0.39 is 23.3 Å². The molecule has 1 aromatic rings. The number of alkyl halides is 3. The number of halogens is 3. The number of ketones is 1. The SMILES string of the molecule is CNCC(=O)c1cc(OC)c(OC)c(C(F)(F)F)c1. The Labute approximate surface area is 108 Å². The molecule has 0 bridgehead atoms. The molecule has 1 aromatic carbocycles. The molecule has 0 radical (unpaired) electrons. The van der Waals surface area contributed by atoms with E-state index in [1.807, 2.05) is 0 Å². The number of carbonyl (C=O) groups is 1. The molecule has 0 saturated heterocycles. The predicted octanol–water partition coefficient (Wildman–Crippen LogP) is 2.12. The van der Waals surface area contributed by atoms with Gasteiger partial charge in [0.15, 0.2) is 17.3 Å². The molecule has 106 valence electrons. The van der Waals surface area contributed by atoms with E-state index in [1.54, 1.807) is 0 Å². The van der Waals surface area contributed by atoms with Gasteiger partial charge in [-0.1, -0.05) is 0 Å². The van der Waals surface area contributed by atoms with Crippen molar-refractivity contribution in [3.63, 3.8) is 0 Å². The van der Waals surface area contributed by atoms with Gasteiger partial charge in [0.2, 0.25) is 0 Å². The van der Waals surface area contributed by atoms with Crippen molar-refractivity contribution in [2.75, 3.05) is 27.8 Å². The van der Waals surface area contributed by atoms with Gasteiger partial charge in [0.25, 0.3) is 0 Å². The van der Waals surface area contributed by atoms with Gasteiger partial charge in [-0.3, -0.25) is 4.79 Å². The molecule has 0 amide bonds. The van der Waals surface area contributed by atoms with E-state index >= 15 is 0 Å². The second-order valence-electron chi connectivity index (χ2n) is 3.71. The molecule has 7 heteroatoms. The van der Waals surface area contributed by atoms with Crippen LogP contribution in [-0.2, 0) is 6.18 Å². The molecule has 4 nitrogen and oxygen atoms in total. The summed E-state index contributed by atoms with van der Waals surface area (Å²) in [6, 6.07) is 1.99. The van der Waals surface area contributed by atoms with Crippen LogP contribution in [0.1, 0.15) is 15.9 Å². The second-order valence-corrected chi connectivity index (χ2v) is 3.71. The summed E-state index contributed by atoms with van der Waals surface area (Å²) in [5.74, 6) is -1.03. The molecule has 0 heterocycles. The molecule has 0 spiro atoms. The van der Waals surface area contributed by atoms with Crippen LogP contribution in [0.15, 0.2) is 12.1 Å². The van der Waals surface area contributed by atoms with Gasteiger partial charge in [0, 0.05) is 5.56 Å². The number of nitrogens with one attached hydrogen (secondary N) is 1. The van der Waals surface area contributed by atoms with E-state index in [0.717, 1.165) is 13.2 Å². The van der Waals surface area contributed by atoms with Gasteiger partial charge >= 0.3 is 6.18 Å². The van der Waals surface area contributed by atoms with Crippen molar-refractivity contribution < 1.29 is 27.4 Å². The Morgan fingerprint density at radius 3 is 2.32 bits per heavy atom. The quantitative estimate of drug-likeness (QED) is 0.838. The minimum absolute atomic E-state index is 0.0627. The van der Waals surface area contributed by atoms with E-state index in [2.05, 4.69) is 5.32 Å². The molecule has 19 heavy (non-hydrogen) atoms. The smallest absolute Gasteiger partial charge is 0.420 e. The summed E-state index contributed by atoms with van der Waals surface area (Å²) in [6.07, 6.45) is -4.63. The molecule has 0 unspecified atom stereocenters. The molecule has 0 fully saturated rings. The molecule has 0 atom stereocenters. The van der Waals surface area contributed by atoms with Gasteiger partial charge in [-0.25, -0.2) is 0 Å². The molecule has 1 rings (SSSR count). The Morgan fingerprint density at radius 1 is 1.26 bits per heavy atom. The van der Waals surface area contributed by atoms with E-state index in [-0.39, 0.29) is 17.9 Å². The van der Waals surface area contributed by atoms with Gasteiger partial charge < -0.3 is 14.8 Å². The number of methoxy groups -OCH3 is 2. The first-order chi connectivity index (χ1) is 8.85. The van der Waals surface area contributed by atoms with Crippen LogP contribution in [0.25, 0.3) is 0 Å². The summed E-state index contributed by atoms with van der Waals surface area (Å²) >= 11 is 0. The van der Waals surface area contributed by atoms with Crippen LogP contribution in [-0.4, -0.2) is 33.6 Å². The zero-order chi connectivity index (χ0) is 14.6. The highest BCUT2D eigenvalue weighted by atomic mass is 19.4. The van der Waals surface area contributed by atoms with Crippen LogP contribution in [0.3, 0.4) is 0 Å². The highest BCUT2D eigenvalue weighted by molar-refractivity contribution is 5.98. The van der Waals surface area contributed by atoms with Crippen molar-refractivity contribution in [2.45, 2.75) is 6.18 Å². The first-order valence-electron chi connectivity index (χ1n) is 5.36. The van der Waals surface area contributed by atoms with Gasteiger partial charge in [-0.15, -0.1) is 0 Å². The largest absolute Gasteiger partial charge is 0.493 e. The molecular weight excluding hydrogens is 263 g/mol. The van der Waals surface area contributed by atoms with Crippen LogP contribution < -0.4 is 14.8 Å². The number of benzene rings is 1. The first kappa shape index (κ1) is 15.3. The second kappa shape index (κ2) is 5.92. The summed E-state index contributed by atoms with van der Waals surface area (Å²) in [4.78, 5) is 11.7. The molecular formula is C12H14F3NO3. The third kappa shape index (κ3) is 3.37. The molecule has 0 saturated carbocycles. The van der Waals surface area contributed by atoms with Crippen molar-refractivity contribution in [1.82, 2.24) is 5.32 Å². The average Bonchev–Trinajstić information content (AvgIpc) is 2.36. The monoisotopic (exact) mass is 277 g/mol. The lowest BCUT2D eigenvalue weighted by Crippen LogP contribution is -2.19. The number of hydrogen-bond acceptors (Lipinski definition) is 4. The average molecular weight is 277 g/mol. The Bertz CT molecular complexity index is 472. The maximum Gasteiger partial charge on any atom is 0.420 e. The summed E-state index contributed by atoms with van der Waals surface area (Å²) in [7, 11) is 3.86. The summed E-state index contributed by atoms with van der Waals surface area (Å²) in [6.45, 7) is -0.0627. The Balaban J connectivity index is 3.43. The van der Waals surface area contributed by atoms with E-state index in [9.17, 15) is 18.0 Å². The highest BCUT2D eigenvalue weighted by Crippen LogP contribution is 2.42. The Morgan fingerprint density at radius 2 is 1.89 bits per heavy atom. The number of Topliss-reactive ketones (excluding diaryl/α,β-unsaturated/α-hetero) is 1. The molecule has 0 aromatic heterocycles. The van der Waals surface area contributed by atoms with Crippen LogP contribution in [0.5, 0.6) is 11.5 Å². The standard InChI is InChI=1S/C12H14F3NO3/c1-16-6-9(17)7-4-8(12(13,14)15)11(19-3)10(5-7)18-2/h4-5,16H,6H2,1-3H3. The number of hydrogen-bond donors (Lipinski definition) is 1. The lowest BCUT2D eigenvalue weighted by molar-refractivity contribution is -0.138. The van der Waals surface area contributed by atoms with Crippen molar-refractivity contribution in [1.29, 1.82) is 0 Å². The summed E-state index contributed by atoms with van der Waals surface area (Å²) in [5, 5.41) is 2.59. The maximum absolute atomic E-state index is 12.9. The van der Waals surface area contributed by atoms with Crippen LogP contribution >= 0.6 is 0 Å². The lowest BCUT2D eigenvalue weighted by Gasteiger charge is -2.16. The molecule has 0 aliphatic heterocycles. The maximum atomic E-state index is 12.9. The Hall–Kier alpha value is -1.76. The summed E-state index contributed by atoms with van der Waals surface area (Å²) < 4.78 is 48.3. The van der Waals surface area contributed by atoms with Gasteiger partial charge in [-0.2, -0.15) is 13.2 Å². The fourth-order valence-corrected chi connectivity index (χ4v) is 1.60. The van der Waals surface area contributed by atoms with Crippen LogP contribution in [0.4, 0.5) is 13.2 Å². The van der Waals surface area contributed by atoms with E-state index in [0.29, 0.717) is 0 Å². The number of carbonyl (C=O) groups excluding carboxylic acids is 1. The summed E-state index contributed by atoms with van der Waals surface area (Å²) in [5.41, 5.74) is -1.12. The Kier molecular flexibility index (Phi) is 4.77. The van der Waals surface area contributed by atoms with Gasteiger partial charge in [0.05, 0.1) is 20.8 Å². The topological polar surface area (TPSA) is 47.6 Å². The normalized spacial score (nSPS) is 11.3. The molecule has 0 aliphatic rings. The predicted molar refractivity (Wildman–Crippen MR) is 62.8 cm³/mol. The molecule has 1 N–H and O–H groups in total. The molecule has 0 aliphatic carbocycles. The van der Waals surface area contributed by atoms with Crippen LogP contribution in [0.2, 0.25) is 0 Å². The van der Waals surface area contributed by atoms with E-state index in [4.69, 9.17) is 9.47 Å². The zero-order valence-electron chi connectivity index (χ0n) is 10.7. The van der Waals surface area contributed by atoms with E-state index in [1.165, 1.54) is 20.2 Å². The number of ether oxygens (including phenoxy) is 2. The first-order valence-corrected chi connectivity index (χ1v) is 5.36.